The molecule has 21 heavy (non-hydrogen) atoms. The molecule has 0 aliphatic heterocycles. The van der Waals surface area contributed by atoms with Crippen molar-refractivity contribution in [2.24, 2.45) is 5.92 Å². The van der Waals surface area contributed by atoms with E-state index in [1.54, 1.807) is 0 Å². The lowest BCUT2D eigenvalue weighted by atomic mass is 9.89. The molecule has 4 heteroatoms. The maximum atomic E-state index is 10.1. The molecule has 0 saturated heterocycles. The summed E-state index contributed by atoms with van der Waals surface area (Å²) in [6.45, 7) is 8.85. The highest BCUT2D eigenvalue weighted by Crippen LogP contribution is 2.29. The molecule has 0 heterocycles. The van der Waals surface area contributed by atoms with Crippen LogP contribution in [0.3, 0.4) is 0 Å². The number of ether oxygens (including phenoxy) is 1. The van der Waals surface area contributed by atoms with Crippen LogP contribution >= 0.6 is 11.8 Å². The molecule has 126 valence electrons. The highest BCUT2D eigenvalue weighted by atomic mass is 32.2. The lowest BCUT2D eigenvalue weighted by Gasteiger charge is -2.31. The predicted octanol–water partition coefficient (Wildman–Crippen LogP) is 3.45. The zero-order valence-electron chi connectivity index (χ0n) is 14.4. The number of aliphatic hydroxyl groups excluding tert-OH is 1. The van der Waals surface area contributed by atoms with Gasteiger partial charge in [-0.05, 0) is 50.7 Å². The number of aliphatic hydroxyl groups is 1. The van der Waals surface area contributed by atoms with Gasteiger partial charge < -0.3 is 15.2 Å². The third-order valence-electron chi connectivity index (χ3n) is 5.04. The summed E-state index contributed by atoms with van der Waals surface area (Å²) in [6.07, 6.45) is 9.31. The van der Waals surface area contributed by atoms with Crippen molar-refractivity contribution >= 4 is 11.8 Å². The fraction of sp³-hybridized carbons (Fsp3) is 1.00. The minimum atomic E-state index is -0.391. The van der Waals surface area contributed by atoms with Gasteiger partial charge in [0, 0.05) is 17.8 Å². The maximum Gasteiger partial charge on any atom is 0.0897 e. The zero-order chi connectivity index (χ0) is 15.7. The summed E-state index contributed by atoms with van der Waals surface area (Å²) in [7, 11) is 0. The molecule has 0 aromatic carbocycles. The van der Waals surface area contributed by atoms with Crippen molar-refractivity contribution in [3.05, 3.63) is 0 Å². The van der Waals surface area contributed by atoms with E-state index in [2.05, 4.69) is 32.3 Å². The Hall–Kier alpha value is 0.230. The van der Waals surface area contributed by atoms with Crippen LogP contribution in [0, 0.1) is 5.92 Å². The molecule has 1 unspecified atom stereocenters. The van der Waals surface area contributed by atoms with E-state index >= 15 is 0 Å². The van der Waals surface area contributed by atoms with Crippen molar-refractivity contribution in [2.45, 2.75) is 76.3 Å². The summed E-state index contributed by atoms with van der Waals surface area (Å²) in [4.78, 5) is 0. The van der Waals surface area contributed by atoms with Gasteiger partial charge in [-0.15, -0.1) is 0 Å². The average molecular weight is 318 g/mol. The average Bonchev–Trinajstić information content (AvgIpc) is 2.51. The van der Waals surface area contributed by atoms with Gasteiger partial charge >= 0.3 is 0 Å². The SMILES string of the molecule is CCC(CC)(CNCC(O)COC1CCC(C)CC1)SC. The summed E-state index contributed by atoms with van der Waals surface area (Å²) in [5, 5.41) is 13.5. The molecule has 1 atom stereocenters. The van der Waals surface area contributed by atoms with Crippen molar-refractivity contribution in [1.29, 1.82) is 0 Å². The molecule has 1 aliphatic carbocycles. The van der Waals surface area contributed by atoms with E-state index in [9.17, 15) is 5.11 Å². The van der Waals surface area contributed by atoms with E-state index in [0.29, 0.717) is 24.0 Å². The van der Waals surface area contributed by atoms with E-state index in [1.807, 2.05) is 11.8 Å². The van der Waals surface area contributed by atoms with Gasteiger partial charge in [0.15, 0.2) is 0 Å². The van der Waals surface area contributed by atoms with E-state index in [0.717, 1.165) is 38.1 Å². The summed E-state index contributed by atoms with van der Waals surface area (Å²) >= 11 is 1.93. The lowest BCUT2D eigenvalue weighted by molar-refractivity contribution is -0.0278. The topological polar surface area (TPSA) is 41.5 Å². The molecular formula is C17H35NO2S. The maximum absolute atomic E-state index is 10.1. The van der Waals surface area contributed by atoms with Crippen molar-refractivity contribution < 1.29 is 9.84 Å². The van der Waals surface area contributed by atoms with Gasteiger partial charge in [-0.3, -0.25) is 0 Å². The second kappa shape index (κ2) is 10.1. The van der Waals surface area contributed by atoms with E-state index in [4.69, 9.17) is 4.74 Å². The molecule has 0 aromatic heterocycles. The fourth-order valence-corrected chi connectivity index (χ4v) is 3.85. The molecular weight excluding hydrogens is 282 g/mol. The Balaban J connectivity index is 2.15. The van der Waals surface area contributed by atoms with Crippen LogP contribution in [-0.2, 0) is 4.74 Å². The number of hydrogen-bond donors (Lipinski definition) is 2. The van der Waals surface area contributed by atoms with Gasteiger partial charge in [0.25, 0.3) is 0 Å². The highest BCUT2D eigenvalue weighted by Gasteiger charge is 2.24. The molecule has 0 aromatic rings. The summed E-state index contributed by atoms with van der Waals surface area (Å²) < 4.78 is 6.17. The second-order valence-electron chi connectivity index (χ2n) is 6.59. The van der Waals surface area contributed by atoms with Gasteiger partial charge in [-0.25, -0.2) is 0 Å². The molecule has 0 amide bonds. The first-order valence-corrected chi connectivity index (χ1v) is 9.83. The largest absolute Gasteiger partial charge is 0.389 e. The zero-order valence-corrected chi connectivity index (χ0v) is 15.2. The Labute approximate surface area is 135 Å². The van der Waals surface area contributed by atoms with Crippen molar-refractivity contribution in [1.82, 2.24) is 5.32 Å². The first-order valence-electron chi connectivity index (χ1n) is 8.60. The van der Waals surface area contributed by atoms with Crippen molar-refractivity contribution in [3.8, 4) is 0 Å². The molecule has 2 N–H and O–H groups in total. The van der Waals surface area contributed by atoms with Crippen molar-refractivity contribution in [2.75, 3.05) is 26.0 Å². The summed E-state index contributed by atoms with van der Waals surface area (Å²) in [6, 6.07) is 0. The highest BCUT2D eigenvalue weighted by molar-refractivity contribution is 8.00. The molecule has 1 rings (SSSR count). The molecule has 1 saturated carbocycles. The Bertz CT molecular complexity index is 255. The number of hydrogen-bond acceptors (Lipinski definition) is 4. The Kier molecular flexibility index (Phi) is 9.26. The minimum absolute atomic E-state index is 0.306. The fourth-order valence-electron chi connectivity index (χ4n) is 3.03. The van der Waals surface area contributed by atoms with Crippen LogP contribution in [0.1, 0.15) is 59.3 Å². The van der Waals surface area contributed by atoms with Crippen LogP contribution < -0.4 is 5.32 Å². The molecule has 1 aliphatic rings. The van der Waals surface area contributed by atoms with Gasteiger partial charge in [0.05, 0.1) is 18.8 Å². The smallest absolute Gasteiger partial charge is 0.0897 e. The van der Waals surface area contributed by atoms with Gasteiger partial charge in [0.1, 0.15) is 0 Å². The van der Waals surface area contributed by atoms with Crippen LogP contribution in [0.15, 0.2) is 0 Å². The van der Waals surface area contributed by atoms with Crippen LogP contribution in [-0.4, -0.2) is 48.0 Å². The predicted molar refractivity (Wildman–Crippen MR) is 93.1 cm³/mol. The van der Waals surface area contributed by atoms with E-state index in [1.165, 1.54) is 12.8 Å². The van der Waals surface area contributed by atoms with Gasteiger partial charge in [0.2, 0.25) is 0 Å². The first-order chi connectivity index (χ1) is 10.0. The third-order valence-corrected chi connectivity index (χ3v) is 6.62. The molecule has 3 nitrogen and oxygen atoms in total. The van der Waals surface area contributed by atoms with Crippen molar-refractivity contribution in [3.63, 3.8) is 0 Å². The third kappa shape index (κ3) is 6.89. The van der Waals surface area contributed by atoms with Crippen LogP contribution in [0.2, 0.25) is 0 Å². The monoisotopic (exact) mass is 317 g/mol. The van der Waals surface area contributed by atoms with Gasteiger partial charge in [-0.2, -0.15) is 11.8 Å². The Morgan fingerprint density at radius 3 is 2.38 bits per heavy atom. The second-order valence-corrected chi connectivity index (χ2v) is 7.87. The normalized spacial score (nSPS) is 25.0. The van der Waals surface area contributed by atoms with E-state index in [-0.39, 0.29) is 0 Å². The molecule has 0 spiro atoms. The minimum Gasteiger partial charge on any atom is -0.389 e. The summed E-state index contributed by atoms with van der Waals surface area (Å²) in [5.41, 5.74) is 0. The number of thioether (sulfide) groups is 1. The Morgan fingerprint density at radius 1 is 1.24 bits per heavy atom. The van der Waals surface area contributed by atoms with E-state index < -0.39 is 6.10 Å². The molecule has 0 bridgehead atoms. The lowest BCUT2D eigenvalue weighted by Crippen LogP contribution is -2.41. The molecule has 0 radical (unpaired) electrons. The van der Waals surface area contributed by atoms with Crippen LogP contribution in [0.25, 0.3) is 0 Å². The van der Waals surface area contributed by atoms with Crippen LogP contribution in [0.5, 0.6) is 0 Å². The summed E-state index contributed by atoms with van der Waals surface area (Å²) in [5.74, 6) is 0.846. The number of rotatable bonds is 10. The van der Waals surface area contributed by atoms with Gasteiger partial charge in [-0.1, -0.05) is 20.8 Å². The van der Waals surface area contributed by atoms with Crippen LogP contribution in [0.4, 0.5) is 0 Å². The standard InChI is InChI=1S/C17H35NO2S/c1-5-17(6-2,21-4)13-18-11-15(19)12-20-16-9-7-14(3)8-10-16/h14-16,18-19H,5-13H2,1-4H3. The Morgan fingerprint density at radius 2 is 1.86 bits per heavy atom. The molecule has 1 fully saturated rings. The first kappa shape index (κ1) is 19.3. The quantitative estimate of drug-likeness (QED) is 0.647. The number of nitrogens with one attached hydrogen (secondary N) is 1.